The van der Waals surface area contributed by atoms with Crippen molar-refractivity contribution >= 4 is 40.2 Å². The number of thiazole rings is 1. The van der Waals surface area contributed by atoms with Gasteiger partial charge < -0.3 is 4.74 Å². The molecule has 2 aromatic heterocycles. The van der Waals surface area contributed by atoms with E-state index in [0.717, 1.165) is 16.2 Å². The van der Waals surface area contributed by atoms with Crippen molar-refractivity contribution in [2.45, 2.75) is 0 Å². The van der Waals surface area contributed by atoms with Crippen LogP contribution in [0.15, 0.2) is 12.1 Å². The quantitative estimate of drug-likeness (QED) is 0.795. The molecule has 0 radical (unpaired) electrons. The Balaban J connectivity index is 2.41. The highest BCUT2D eigenvalue weighted by molar-refractivity contribution is 7.23. The molecule has 0 saturated carbocycles. The minimum absolute atomic E-state index is 0.128. The van der Waals surface area contributed by atoms with Crippen LogP contribution < -0.4 is 0 Å². The smallest absolute Gasteiger partial charge is 0.351 e. The predicted molar refractivity (Wildman–Crippen MR) is 66.5 cm³/mol. The van der Waals surface area contributed by atoms with Gasteiger partial charge in [-0.15, -0.1) is 22.7 Å². The van der Waals surface area contributed by atoms with Crippen LogP contribution in [-0.2, 0) is 4.74 Å². The second-order valence-electron chi connectivity index (χ2n) is 2.91. The molecule has 4 nitrogen and oxygen atoms in total. The third-order valence-electron chi connectivity index (χ3n) is 1.88. The van der Waals surface area contributed by atoms with Crippen molar-refractivity contribution in [1.29, 1.82) is 5.26 Å². The third-order valence-corrected chi connectivity index (χ3v) is 4.46. The van der Waals surface area contributed by atoms with Crippen LogP contribution in [0.25, 0.3) is 9.88 Å². The van der Waals surface area contributed by atoms with E-state index >= 15 is 0 Å². The summed E-state index contributed by atoms with van der Waals surface area (Å²) in [4.78, 5) is 17.1. The second kappa shape index (κ2) is 4.84. The minimum atomic E-state index is -0.504. The van der Waals surface area contributed by atoms with Gasteiger partial charge in [0.25, 0.3) is 0 Å². The zero-order chi connectivity index (χ0) is 12.4. The number of nitriles is 1. The van der Waals surface area contributed by atoms with Crippen molar-refractivity contribution in [2.24, 2.45) is 0 Å². The highest BCUT2D eigenvalue weighted by atomic mass is 35.5. The van der Waals surface area contributed by atoms with E-state index in [4.69, 9.17) is 16.9 Å². The highest BCUT2D eigenvalue weighted by Gasteiger charge is 2.18. The molecule has 0 aromatic carbocycles. The number of methoxy groups -OCH3 is 1. The van der Waals surface area contributed by atoms with Crippen LogP contribution in [0, 0.1) is 11.3 Å². The maximum absolute atomic E-state index is 11.4. The van der Waals surface area contributed by atoms with Crippen LogP contribution in [0.3, 0.4) is 0 Å². The van der Waals surface area contributed by atoms with Crippen molar-refractivity contribution in [3.8, 4) is 16.0 Å². The normalized spacial score (nSPS) is 9.94. The van der Waals surface area contributed by atoms with Crippen molar-refractivity contribution in [3.63, 3.8) is 0 Å². The predicted octanol–water partition coefficient (Wildman–Crippen LogP) is 3.18. The molecular weight excluding hydrogens is 280 g/mol. The van der Waals surface area contributed by atoms with Gasteiger partial charge in [0.15, 0.2) is 10.0 Å². The first-order valence-electron chi connectivity index (χ1n) is 4.40. The van der Waals surface area contributed by atoms with Crippen LogP contribution in [-0.4, -0.2) is 18.1 Å². The number of thiophene rings is 1. The molecular formula is C10H5ClN2O2S2. The number of hydrogen-bond donors (Lipinski definition) is 0. The summed E-state index contributed by atoms with van der Waals surface area (Å²) in [6, 6.07) is 5.52. The Labute approximate surface area is 110 Å². The monoisotopic (exact) mass is 284 g/mol. The second-order valence-corrected chi connectivity index (χ2v) is 5.35. The van der Waals surface area contributed by atoms with Gasteiger partial charge in [0, 0.05) is 0 Å². The molecule has 7 heteroatoms. The molecule has 0 bridgehead atoms. The average Bonchev–Trinajstić information content (AvgIpc) is 2.94. The summed E-state index contributed by atoms with van der Waals surface area (Å²) < 4.78 is 4.59. The van der Waals surface area contributed by atoms with Gasteiger partial charge in [-0.25, -0.2) is 9.78 Å². The van der Waals surface area contributed by atoms with Crippen molar-refractivity contribution in [2.75, 3.05) is 7.11 Å². The molecule has 0 N–H and O–H groups in total. The van der Waals surface area contributed by atoms with Crippen LogP contribution in [0.4, 0.5) is 0 Å². The first-order chi connectivity index (χ1) is 8.15. The molecule has 2 rings (SSSR count). The lowest BCUT2D eigenvalue weighted by atomic mass is 10.4. The van der Waals surface area contributed by atoms with Crippen molar-refractivity contribution < 1.29 is 9.53 Å². The van der Waals surface area contributed by atoms with Gasteiger partial charge in [-0.3, -0.25) is 0 Å². The molecule has 0 unspecified atom stereocenters. The van der Waals surface area contributed by atoms with Gasteiger partial charge in [-0.2, -0.15) is 5.26 Å². The van der Waals surface area contributed by atoms with E-state index < -0.39 is 5.97 Å². The Bertz CT molecular complexity index is 612. The summed E-state index contributed by atoms with van der Waals surface area (Å²) in [5, 5.41) is 9.47. The van der Waals surface area contributed by atoms with Crippen LogP contribution >= 0.6 is 34.3 Å². The van der Waals surface area contributed by atoms with Gasteiger partial charge >= 0.3 is 5.97 Å². The lowest BCUT2D eigenvalue weighted by Gasteiger charge is -1.92. The molecule has 86 valence electrons. The maximum Gasteiger partial charge on any atom is 0.351 e. The molecule has 0 aliphatic heterocycles. The van der Waals surface area contributed by atoms with E-state index in [1.807, 2.05) is 6.07 Å². The number of carbonyl (C=O) groups is 1. The van der Waals surface area contributed by atoms with E-state index in [2.05, 4.69) is 9.72 Å². The van der Waals surface area contributed by atoms with E-state index in [0.29, 0.717) is 9.88 Å². The summed E-state index contributed by atoms with van der Waals surface area (Å²) in [5.41, 5.74) is 0. The lowest BCUT2D eigenvalue weighted by molar-refractivity contribution is 0.0606. The number of rotatable bonds is 2. The number of hydrogen-bond acceptors (Lipinski definition) is 6. The number of aromatic nitrogens is 1. The summed E-state index contributed by atoms with van der Waals surface area (Å²) in [6.45, 7) is 0. The zero-order valence-electron chi connectivity index (χ0n) is 8.56. The molecule has 0 aliphatic rings. The SMILES string of the molecule is COC(=O)c1sc(-c2ccc(C#N)s2)nc1Cl. The Morgan fingerprint density at radius 3 is 2.88 bits per heavy atom. The van der Waals surface area contributed by atoms with E-state index in [1.54, 1.807) is 12.1 Å². The van der Waals surface area contributed by atoms with E-state index in [-0.39, 0.29) is 10.0 Å². The zero-order valence-corrected chi connectivity index (χ0v) is 10.9. The number of halogens is 1. The average molecular weight is 285 g/mol. The topological polar surface area (TPSA) is 63.0 Å². The summed E-state index contributed by atoms with van der Waals surface area (Å²) in [5.74, 6) is -0.504. The molecule has 2 aromatic rings. The molecule has 0 fully saturated rings. The van der Waals surface area contributed by atoms with Crippen LogP contribution in [0.5, 0.6) is 0 Å². The molecule has 17 heavy (non-hydrogen) atoms. The number of esters is 1. The third kappa shape index (κ3) is 2.31. The number of ether oxygens (including phenoxy) is 1. The highest BCUT2D eigenvalue weighted by Crippen LogP contribution is 2.35. The summed E-state index contributed by atoms with van der Waals surface area (Å²) in [7, 11) is 1.29. The number of carbonyl (C=O) groups excluding carboxylic acids is 1. The Morgan fingerprint density at radius 2 is 2.29 bits per heavy atom. The van der Waals surface area contributed by atoms with Crippen molar-refractivity contribution in [1.82, 2.24) is 4.98 Å². The lowest BCUT2D eigenvalue weighted by Crippen LogP contribution is -1.98. The fourth-order valence-corrected chi connectivity index (χ4v) is 3.20. The van der Waals surface area contributed by atoms with Crippen molar-refractivity contribution in [3.05, 3.63) is 27.0 Å². The van der Waals surface area contributed by atoms with Gasteiger partial charge in [0.05, 0.1) is 12.0 Å². The van der Waals surface area contributed by atoms with Gasteiger partial charge in [-0.1, -0.05) is 11.6 Å². The van der Waals surface area contributed by atoms with Crippen LogP contribution in [0.1, 0.15) is 14.5 Å². The summed E-state index contributed by atoms with van der Waals surface area (Å²) in [6.07, 6.45) is 0. The standard InChI is InChI=1S/C10H5ClN2O2S2/c1-15-10(14)7-8(11)13-9(17-7)6-3-2-5(4-12)16-6/h2-3H,1H3. The molecule has 0 saturated heterocycles. The van der Waals surface area contributed by atoms with Crippen LogP contribution in [0.2, 0.25) is 5.15 Å². The first-order valence-corrected chi connectivity index (χ1v) is 6.41. The van der Waals surface area contributed by atoms with Gasteiger partial charge in [0.2, 0.25) is 0 Å². The van der Waals surface area contributed by atoms with E-state index in [9.17, 15) is 4.79 Å². The molecule has 2 heterocycles. The maximum atomic E-state index is 11.4. The Morgan fingerprint density at radius 1 is 1.53 bits per heavy atom. The van der Waals surface area contributed by atoms with E-state index in [1.165, 1.54) is 18.4 Å². The van der Waals surface area contributed by atoms with Gasteiger partial charge in [-0.05, 0) is 12.1 Å². The van der Waals surface area contributed by atoms with Gasteiger partial charge in [0.1, 0.15) is 16.0 Å². The summed E-state index contributed by atoms with van der Waals surface area (Å²) >= 11 is 8.30. The fourth-order valence-electron chi connectivity index (χ4n) is 1.14. The number of nitrogens with zero attached hydrogens (tertiary/aromatic N) is 2. The molecule has 0 spiro atoms. The minimum Gasteiger partial charge on any atom is -0.465 e. The Hall–Kier alpha value is -1.42. The first kappa shape index (κ1) is 12.0. The molecule has 0 atom stereocenters. The largest absolute Gasteiger partial charge is 0.465 e. The Kier molecular flexibility index (Phi) is 3.43. The molecule has 0 amide bonds. The fraction of sp³-hybridized carbons (Fsp3) is 0.100. The molecule has 0 aliphatic carbocycles.